The molecule has 1 saturated heterocycles. The first-order valence-electron chi connectivity index (χ1n) is 13.0. The van der Waals surface area contributed by atoms with Gasteiger partial charge >= 0.3 is 0 Å². The zero-order valence-corrected chi connectivity index (χ0v) is 24.9. The number of aryl methyl sites for hydroxylation is 2. The topological polar surface area (TPSA) is 120 Å². The Morgan fingerprint density at radius 3 is 2.51 bits per heavy atom. The number of para-hydroxylation sites is 1. The first kappa shape index (κ1) is 29.0. The van der Waals surface area contributed by atoms with E-state index in [2.05, 4.69) is 4.98 Å². The van der Waals surface area contributed by atoms with Crippen molar-refractivity contribution in [3.05, 3.63) is 82.0 Å². The van der Waals surface area contributed by atoms with Crippen LogP contribution in [0.4, 0.5) is 5.69 Å². The van der Waals surface area contributed by atoms with Crippen LogP contribution in [-0.2, 0) is 25.2 Å². The van der Waals surface area contributed by atoms with E-state index in [1.807, 2.05) is 0 Å². The number of methoxy groups -OCH3 is 1. The van der Waals surface area contributed by atoms with Crippen LogP contribution in [0.25, 0.3) is 0 Å². The van der Waals surface area contributed by atoms with Gasteiger partial charge in [0.1, 0.15) is 5.75 Å². The number of hydrogen-bond acceptors (Lipinski definition) is 8. The van der Waals surface area contributed by atoms with E-state index in [0.717, 1.165) is 9.87 Å². The molecule has 10 nitrogen and oxygen atoms in total. The lowest BCUT2D eigenvalue weighted by atomic mass is 9.80. The van der Waals surface area contributed by atoms with Gasteiger partial charge in [-0.15, -0.1) is 0 Å². The number of carbonyl (C=O) groups excluding carboxylic acids is 2. The molecule has 0 saturated carbocycles. The Hall–Kier alpha value is -3.51. The van der Waals surface area contributed by atoms with Crippen LogP contribution < -0.4 is 9.04 Å². The molecule has 5 rings (SSSR count). The lowest BCUT2D eigenvalue weighted by Gasteiger charge is -2.42. The summed E-state index contributed by atoms with van der Waals surface area (Å²) in [6.45, 7) is 3.32. The zero-order valence-electron chi connectivity index (χ0n) is 23.3. The molecule has 1 N–H and O–H groups in total. The van der Waals surface area contributed by atoms with E-state index < -0.39 is 33.6 Å². The molecule has 1 unspecified atom stereocenters. The quantitative estimate of drug-likeness (QED) is 0.460. The summed E-state index contributed by atoms with van der Waals surface area (Å²) in [5.41, 5.74) is -0.121. The number of sulfonamides is 1. The van der Waals surface area contributed by atoms with Crippen molar-refractivity contribution >= 4 is 39.1 Å². The number of amides is 2. The maximum atomic E-state index is 15.1. The van der Waals surface area contributed by atoms with Crippen molar-refractivity contribution in [3.63, 3.8) is 0 Å². The standard InChI is InChI=1S/C29H31ClN4O6S/c1-17-12-18(2)26(31-15-17)41(38,39)34-23-11-10-19(30)13-22(23)29(28(34)37,21-8-6-7-9-25(21)40-5)33-16-20(35)14-24(33)27(36)32(3)4/h6-13,15,20,24,35H,14,16H2,1-5H3/t20-,24+,29?/m1/s1. The highest BCUT2D eigenvalue weighted by Crippen LogP contribution is 2.54. The average molecular weight is 599 g/mol. The summed E-state index contributed by atoms with van der Waals surface area (Å²) in [5, 5.41) is 10.9. The summed E-state index contributed by atoms with van der Waals surface area (Å²) in [4.78, 5) is 35.7. The number of carbonyl (C=O) groups is 2. The lowest BCUT2D eigenvalue weighted by Crippen LogP contribution is -2.59. The molecular formula is C29H31ClN4O6S. The van der Waals surface area contributed by atoms with Gasteiger partial charge in [-0.05, 0) is 55.7 Å². The van der Waals surface area contributed by atoms with Crippen LogP contribution in [0.5, 0.6) is 5.75 Å². The number of ether oxygens (including phenoxy) is 1. The van der Waals surface area contributed by atoms with Crippen molar-refractivity contribution in [3.8, 4) is 5.75 Å². The Morgan fingerprint density at radius 2 is 1.85 bits per heavy atom. The average Bonchev–Trinajstić information content (AvgIpc) is 3.42. The Balaban J connectivity index is 1.88. The Morgan fingerprint density at radius 1 is 1.15 bits per heavy atom. The van der Waals surface area contributed by atoms with Gasteiger partial charge in [0.05, 0.1) is 24.9 Å². The first-order chi connectivity index (χ1) is 19.3. The van der Waals surface area contributed by atoms with Gasteiger partial charge in [-0.1, -0.05) is 35.9 Å². The summed E-state index contributed by atoms with van der Waals surface area (Å²) in [6, 6.07) is 12.0. The molecule has 0 spiro atoms. The van der Waals surface area contributed by atoms with Crippen molar-refractivity contribution in [2.45, 2.75) is 43.0 Å². The maximum absolute atomic E-state index is 15.1. The summed E-state index contributed by atoms with van der Waals surface area (Å²) < 4.78 is 35.1. The monoisotopic (exact) mass is 598 g/mol. The van der Waals surface area contributed by atoms with Crippen LogP contribution >= 0.6 is 11.6 Å². The fourth-order valence-electron chi connectivity index (χ4n) is 6.00. The molecule has 2 aliphatic rings. The number of benzene rings is 2. The fraction of sp³-hybridized carbons (Fsp3) is 0.345. The van der Waals surface area contributed by atoms with E-state index in [1.165, 1.54) is 36.4 Å². The number of fused-ring (bicyclic) bond motifs is 1. The van der Waals surface area contributed by atoms with Crippen molar-refractivity contribution in [1.29, 1.82) is 0 Å². The second-order valence-corrected chi connectivity index (χ2v) is 12.7. The van der Waals surface area contributed by atoms with Gasteiger partial charge in [-0.2, -0.15) is 12.7 Å². The highest BCUT2D eigenvalue weighted by Gasteiger charge is 2.64. The third-order valence-corrected chi connectivity index (χ3v) is 9.64. The van der Waals surface area contributed by atoms with E-state index >= 15 is 4.79 Å². The van der Waals surface area contributed by atoms with Crippen LogP contribution in [0, 0.1) is 13.8 Å². The number of halogens is 1. The van der Waals surface area contributed by atoms with Crippen molar-refractivity contribution in [2.24, 2.45) is 0 Å². The maximum Gasteiger partial charge on any atom is 0.288 e. The second-order valence-electron chi connectivity index (χ2n) is 10.6. The molecule has 0 radical (unpaired) electrons. The van der Waals surface area contributed by atoms with Crippen molar-refractivity contribution in [1.82, 2.24) is 14.8 Å². The van der Waals surface area contributed by atoms with Crippen LogP contribution in [0.15, 0.2) is 59.8 Å². The SMILES string of the molecule is COc1ccccc1C1(N2C[C@H](O)C[C@H]2C(=O)N(C)C)C(=O)N(S(=O)(=O)c2ncc(C)cc2C)c2ccc(Cl)cc21. The van der Waals surface area contributed by atoms with Gasteiger partial charge in [-0.25, -0.2) is 4.98 Å². The van der Waals surface area contributed by atoms with Crippen molar-refractivity contribution in [2.75, 3.05) is 32.1 Å². The van der Waals surface area contributed by atoms with E-state index in [0.29, 0.717) is 16.9 Å². The molecule has 2 aromatic carbocycles. The summed E-state index contributed by atoms with van der Waals surface area (Å²) in [7, 11) is 0.0680. The van der Waals surface area contributed by atoms with Gasteiger partial charge in [0.2, 0.25) is 5.91 Å². The normalized spacial score (nSPS) is 22.6. The molecular weight excluding hydrogens is 568 g/mol. The predicted molar refractivity (Wildman–Crippen MR) is 153 cm³/mol. The molecule has 41 heavy (non-hydrogen) atoms. The summed E-state index contributed by atoms with van der Waals surface area (Å²) >= 11 is 6.50. The molecule has 0 aliphatic carbocycles. The third-order valence-electron chi connectivity index (χ3n) is 7.65. The highest BCUT2D eigenvalue weighted by molar-refractivity contribution is 7.93. The molecule has 1 aromatic heterocycles. The first-order valence-corrected chi connectivity index (χ1v) is 14.8. The Bertz CT molecular complexity index is 1660. The number of rotatable bonds is 6. The van der Waals surface area contributed by atoms with Crippen molar-refractivity contribution < 1.29 is 27.9 Å². The van der Waals surface area contributed by atoms with Crippen LogP contribution in [-0.4, -0.2) is 80.0 Å². The molecule has 0 bridgehead atoms. The van der Waals surface area contributed by atoms with Crippen LogP contribution in [0.3, 0.4) is 0 Å². The number of nitrogens with zero attached hydrogens (tertiary/aromatic N) is 4. The van der Waals surface area contributed by atoms with Crippen LogP contribution in [0.2, 0.25) is 5.02 Å². The van der Waals surface area contributed by atoms with Crippen LogP contribution in [0.1, 0.15) is 28.7 Å². The zero-order chi connectivity index (χ0) is 29.9. The number of hydrogen-bond donors (Lipinski definition) is 1. The fourth-order valence-corrected chi connectivity index (χ4v) is 7.76. The minimum Gasteiger partial charge on any atom is -0.496 e. The number of aromatic nitrogens is 1. The molecule has 12 heteroatoms. The number of likely N-dealkylation sites (tertiary alicyclic amines) is 1. The van der Waals surface area contributed by atoms with Gasteiger partial charge in [-0.3, -0.25) is 14.5 Å². The molecule has 3 atom stereocenters. The van der Waals surface area contributed by atoms with Gasteiger partial charge in [0, 0.05) is 43.0 Å². The Kier molecular flexibility index (Phi) is 7.35. The van der Waals surface area contributed by atoms with E-state index in [-0.39, 0.29) is 40.2 Å². The number of pyridine rings is 1. The molecule has 3 aromatic rings. The number of aliphatic hydroxyl groups excluding tert-OH is 1. The van der Waals surface area contributed by atoms with Gasteiger partial charge < -0.3 is 14.7 Å². The number of aliphatic hydroxyl groups is 1. The van der Waals surface area contributed by atoms with E-state index in [1.54, 1.807) is 63.2 Å². The second kappa shape index (κ2) is 10.4. The molecule has 3 heterocycles. The molecule has 216 valence electrons. The van der Waals surface area contributed by atoms with E-state index in [4.69, 9.17) is 16.3 Å². The largest absolute Gasteiger partial charge is 0.496 e. The van der Waals surface area contributed by atoms with Gasteiger partial charge in [0.15, 0.2) is 10.6 Å². The predicted octanol–water partition coefficient (Wildman–Crippen LogP) is 2.86. The lowest BCUT2D eigenvalue weighted by molar-refractivity contribution is -0.138. The minimum atomic E-state index is -4.55. The molecule has 2 amide bonds. The highest BCUT2D eigenvalue weighted by atomic mass is 35.5. The summed E-state index contributed by atoms with van der Waals surface area (Å²) in [5.74, 6) is -0.899. The summed E-state index contributed by atoms with van der Waals surface area (Å²) in [6.07, 6.45) is 0.513. The van der Waals surface area contributed by atoms with E-state index in [9.17, 15) is 18.3 Å². The smallest absolute Gasteiger partial charge is 0.288 e. The van der Waals surface area contributed by atoms with Gasteiger partial charge in [0.25, 0.3) is 15.9 Å². The molecule has 2 aliphatic heterocycles. The number of likely N-dealkylation sites (N-methyl/N-ethyl adjacent to an activating group) is 1. The minimum absolute atomic E-state index is 0.0441. The number of anilines is 1. The Labute approximate surface area is 244 Å². The molecule has 1 fully saturated rings. The number of β-amino-alcohol motifs (C(OH)–C–C–N with tert-alkyl or cyclic N) is 1. The third kappa shape index (κ3) is 4.39.